The van der Waals surface area contributed by atoms with E-state index >= 15 is 0 Å². The zero-order valence-corrected chi connectivity index (χ0v) is 25.9. The Kier molecular flexibility index (Phi) is 7.76. The Morgan fingerprint density at radius 2 is 1.42 bits per heavy atom. The molecule has 6 fully saturated rings. The fraction of sp³-hybridized carbons (Fsp3) is 0.800. The molecule has 1 unspecified atom stereocenters. The van der Waals surface area contributed by atoms with Crippen LogP contribution in [0.25, 0.3) is 0 Å². The van der Waals surface area contributed by atoms with Crippen LogP contribution in [0.4, 0.5) is 9.59 Å². The molecule has 25 heteroatoms. The molecule has 11 atom stereocenters. The quantitative estimate of drug-likeness (QED) is 0.155. The van der Waals surface area contributed by atoms with Crippen LogP contribution in [0.5, 0.6) is 0 Å². The number of nitrogens with one attached hydrogen (secondary N) is 2. The molecule has 5 saturated heterocycles. The summed E-state index contributed by atoms with van der Waals surface area (Å²) in [5.74, 6) is -1.73. The number of hydrogen-bond donors (Lipinski definition) is 7. The van der Waals surface area contributed by atoms with Crippen molar-refractivity contribution >= 4 is 47.3 Å². The van der Waals surface area contributed by atoms with Crippen LogP contribution in [-0.4, -0.2) is 120 Å². The highest BCUT2D eigenvalue weighted by atomic mass is 31.2. The molecule has 6 amide bonds. The Hall–Kier alpha value is -1.87. The Bertz CT molecular complexity index is 1490. The number of amides is 6. The molecule has 45 heavy (non-hydrogen) atoms. The van der Waals surface area contributed by atoms with E-state index in [4.69, 9.17) is 23.0 Å². The molecule has 0 spiro atoms. The summed E-state index contributed by atoms with van der Waals surface area (Å²) >= 11 is 0. The number of phosphoric acid groups is 3. The van der Waals surface area contributed by atoms with Gasteiger partial charge in [0.05, 0.1) is 36.1 Å². The van der Waals surface area contributed by atoms with E-state index in [2.05, 4.69) is 15.2 Å². The minimum Gasteiger partial charge on any atom is -0.350 e. The predicted molar refractivity (Wildman–Crippen MR) is 137 cm³/mol. The lowest BCUT2D eigenvalue weighted by atomic mass is 9.42. The third kappa shape index (κ3) is 5.30. The van der Waals surface area contributed by atoms with Gasteiger partial charge in [0.25, 0.3) is 0 Å². The largest absolute Gasteiger partial charge is 0.472 e. The average molecular weight is 706 g/mol. The minimum atomic E-state index is -5.21. The number of hydrogen-bond acceptors (Lipinski definition) is 13. The van der Waals surface area contributed by atoms with Crippen molar-refractivity contribution in [2.75, 3.05) is 13.2 Å². The summed E-state index contributed by atoms with van der Waals surface area (Å²) in [6, 6.07) is -4.72. The van der Waals surface area contributed by atoms with Gasteiger partial charge < -0.3 is 33.9 Å². The summed E-state index contributed by atoms with van der Waals surface area (Å²) in [6.45, 7) is 0.992. The Morgan fingerprint density at radius 1 is 0.889 bits per heavy atom. The monoisotopic (exact) mass is 706 g/mol. The second-order valence-electron chi connectivity index (χ2n) is 11.7. The number of urea groups is 2. The first-order valence-corrected chi connectivity index (χ1v) is 17.9. The second kappa shape index (κ2) is 10.6. The number of carbonyl (C=O) groups excluding carboxylic acids is 4. The average Bonchev–Trinajstić information content (AvgIpc) is 3.46. The normalized spacial score (nSPS) is 45.0. The molecule has 0 aromatic heterocycles. The van der Waals surface area contributed by atoms with Crippen molar-refractivity contribution in [3.63, 3.8) is 0 Å². The predicted octanol–water partition coefficient (Wildman–Crippen LogP) is -1.81. The summed E-state index contributed by atoms with van der Waals surface area (Å²) in [5, 5.41) is 4.32. The van der Waals surface area contributed by atoms with E-state index in [0.29, 0.717) is 0 Å². The highest BCUT2D eigenvalue weighted by molar-refractivity contribution is 7.47. The van der Waals surface area contributed by atoms with E-state index in [9.17, 15) is 57.3 Å². The molecule has 5 heterocycles. The maximum atomic E-state index is 13.4. The van der Waals surface area contributed by atoms with Crippen LogP contribution in [0.1, 0.15) is 26.7 Å². The number of fused-ring (bicyclic) bond motifs is 7. The van der Waals surface area contributed by atoms with E-state index in [1.54, 1.807) is 0 Å². The fourth-order valence-electron chi connectivity index (χ4n) is 7.19. The van der Waals surface area contributed by atoms with Gasteiger partial charge in [-0.05, 0) is 13.8 Å². The Labute approximate surface area is 252 Å². The number of rotatable bonds is 5. The highest BCUT2D eigenvalue weighted by Crippen LogP contribution is 2.64. The molecule has 6 rings (SSSR count). The number of carbonyl (C=O) groups is 4. The van der Waals surface area contributed by atoms with Crippen LogP contribution in [0, 0.1) is 10.8 Å². The highest BCUT2D eigenvalue weighted by Gasteiger charge is 2.82. The minimum absolute atomic E-state index is 0.436. The van der Waals surface area contributed by atoms with Gasteiger partial charge in [-0.25, -0.2) is 23.3 Å². The van der Waals surface area contributed by atoms with Gasteiger partial charge in [0.2, 0.25) is 11.8 Å². The molecule has 252 valence electrons. The summed E-state index contributed by atoms with van der Waals surface area (Å²) in [7, 11) is -15.4. The van der Waals surface area contributed by atoms with Gasteiger partial charge in [0.1, 0.15) is 36.9 Å². The molecule has 1 aliphatic carbocycles. The molecule has 0 aromatic rings. The van der Waals surface area contributed by atoms with Gasteiger partial charge >= 0.3 is 35.5 Å². The smallest absolute Gasteiger partial charge is 0.350 e. The first-order valence-electron chi connectivity index (χ1n) is 13.3. The zero-order valence-electron chi connectivity index (χ0n) is 23.2. The van der Waals surface area contributed by atoms with Crippen LogP contribution in [-0.2, 0) is 50.9 Å². The van der Waals surface area contributed by atoms with Crippen LogP contribution in [0.2, 0.25) is 0 Å². The third-order valence-corrected chi connectivity index (χ3v) is 11.4. The van der Waals surface area contributed by atoms with Crippen LogP contribution < -0.4 is 10.6 Å². The van der Waals surface area contributed by atoms with Crippen molar-refractivity contribution in [2.45, 2.75) is 75.6 Å². The van der Waals surface area contributed by atoms with Crippen molar-refractivity contribution < 1.29 is 84.9 Å². The first kappa shape index (κ1) is 33.0. The van der Waals surface area contributed by atoms with E-state index < -0.39 is 133 Å². The second-order valence-corrected chi connectivity index (χ2v) is 15.5. The Balaban J connectivity index is 1.46. The maximum absolute atomic E-state index is 13.4. The number of imide groups is 2. The van der Waals surface area contributed by atoms with Crippen molar-refractivity contribution in [3.8, 4) is 0 Å². The van der Waals surface area contributed by atoms with Crippen LogP contribution >= 0.6 is 23.5 Å². The van der Waals surface area contributed by atoms with Crippen molar-refractivity contribution in [1.29, 1.82) is 0 Å². The van der Waals surface area contributed by atoms with Crippen LogP contribution in [0.3, 0.4) is 0 Å². The molecule has 5 aliphatic heterocycles. The molecular weight excluding hydrogens is 677 g/mol. The van der Waals surface area contributed by atoms with E-state index in [0.717, 1.165) is 9.80 Å². The van der Waals surface area contributed by atoms with Crippen molar-refractivity contribution in [2.24, 2.45) is 10.8 Å². The number of ether oxygens (including phenoxy) is 2. The van der Waals surface area contributed by atoms with Crippen LogP contribution in [0.15, 0.2) is 0 Å². The van der Waals surface area contributed by atoms with E-state index in [1.807, 2.05) is 0 Å². The molecule has 4 bridgehead atoms. The third-order valence-electron chi connectivity index (χ3n) is 9.35. The van der Waals surface area contributed by atoms with Gasteiger partial charge in [0.15, 0.2) is 0 Å². The standard InChI is InChI=1S/C20H29N4O18P3/c1-19-13-14-20(19,2)16(26)22-18(28)24(14)12-4-8(9(39-12)5-37-43(29,30)31)42-45(35,36)38-6-10-7(41-44(32,33)34)3-11(40-10)23(13)17(27)21-15(19)25/h7-14H,3-6H2,1-2H3,(H,35,36)(H,21,25,27)(H,22,26,28)(H2,29,30,31)(H2,32,33,34)/t7-,8-,9+,10+,11+,12+,13+,14-,19-,20+/m0/s1. The van der Waals surface area contributed by atoms with E-state index in [-0.39, 0.29) is 0 Å². The molecule has 0 aromatic carbocycles. The molecule has 7 N–H and O–H groups in total. The summed E-state index contributed by atoms with van der Waals surface area (Å²) in [4.78, 5) is 104. The first-order chi connectivity index (χ1) is 20.7. The van der Waals surface area contributed by atoms with Gasteiger partial charge in [-0.2, -0.15) is 0 Å². The molecule has 22 nitrogen and oxygen atoms in total. The summed E-state index contributed by atoms with van der Waals surface area (Å²) < 4.78 is 67.5. The van der Waals surface area contributed by atoms with E-state index in [1.165, 1.54) is 13.8 Å². The SMILES string of the molecule is C[C@]12C(=O)NC(=O)N3[C@H]1[C@H]1N(C(=O)NC(=O)[C@]12C)[C@H]1C[C@H](OP(=O)(O)O)[C@@H](COP(=O)(O)O[C@H]2C[C@H]3O[C@@H]2COP(=O)(O)O)O1. The van der Waals surface area contributed by atoms with Gasteiger partial charge in [-0.15, -0.1) is 0 Å². The number of nitrogens with zero attached hydrogens (tertiary/aromatic N) is 2. The molecular formula is C20H29N4O18P3. The topological polar surface area (TPSA) is 307 Å². The lowest BCUT2D eigenvalue weighted by Crippen LogP contribution is -2.92. The molecule has 6 aliphatic rings. The maximum Gasteiger partial charge on any atom is 0.472 e. The van der Waals surface area contributed by atoms with Gasteiger partial charge in [-0.3, -0.25) is 48.1 Å². The van der Waals surface area contributed by atoms with Crippen molar-refractivity contribution in [3.05, 3.63) is 0 Å². The summed E-state index contributed by atoms with van der Waals surface area (Å²) in [5.41, 5.74) is -3.46. The van der Waals surface area contributed by atoms with Crippen molar-refractivity contribution in [1.82, 2.24) is 20.4 Å². The van der Waals surface area contributed by atoms with Gasteiger partial charge in [-0.1, -0.05) is 0 Å². The fourth-order valence-corrected chi connectivity index (χ4v) is 9.06. The zero-order chi connectivity index (χ0) is 33.1. The number of phosphoric ester groups is 3. The lowest BCUT2D eigenvalue weighted by molar-refractivity contribution is -0.242. The lowest BCUT2D eigenvalue weighted by Gasteiger charge is -2.72. The molecule has 0 radical (unpaired) electrons. The van der Waals surface area contributed by atoms with Gasteiger partial charge in [0, 0.05) is 12.8 Å². The Morgan fingerprint density at radius 3 is 1.93 bits per heavy atom. The molecule has 1 saturated carbocycles. The summed E-state index contributed by atoms with van der Waals surface area (Å²) in [6.07, 6.45) is -9.84.